The molecule has 3 unspecified atom stereocenters. The highest BCUT2D eigenvalue weighted by Gasteiger charge is 2.63. The first-order valence-electron chi connectivity index (χ1n) is 10.4. The maximum atomic E-state index is 13.3. The lowest BCUT2D eigenvalue weighted by Crippen LogP contribution is -2.75. The summed E-state index contributed by atoms with van der Waals surface area (Å²) in [7, 11) is 0. The van der Waals surface area contributed by atoms with Gasteiger partial charge in [0.25, 0.3) is 0 Å². The number of fused-ring (bicyclic) bond motifs is 5. The molecule has 4 amide bonds. The van der Waals surface area contributed by atoms with Crippen molar-refractivity contribution in [3.8, 4) is 10.7 Å². The van der Waals surface area contributed by atoms with Gasteiger partial charge >= 0.3 is 6.03 Å². The normalized spacial score (nSPS) is 26.2. The number of carbonyl (C=O) groups excluding carboxylic acids is 3. The van der Waals surface area contributed by atoms with Crippen molar-refractivity contribution in [1.82, 2.24) is 20.8 Å². The Morgan fingerprint density at radius 1 is 1.24 bits per heavy atom. The third-order valence-corrected chi connectivity index (χ3v) is 7.73. The van der Waals surface area contributed by atoms with Crippen LogP contribution < -0.4 is 15.5 Å². The molecule has 0 aliphatic carbocycles. The molecule has 170 valence electrons. The Hall–Kier alpha value is -3.02. The maximum absolute atomic E-state index is 13.3. The summed E-state index contributed by atoms with van der Waals surface area (Å²) in [5, 5.41) is 12.3. The lowest BCUT2D eigenvalue weighted by atomic mass is 9.66. The van der Waals surface area contributed by atoms with Crippen LogP contribution in [0.1, 0.15) is 19.4 Å². The van der Waals surface area contributed by atoms with Crippen LogP contribution in [0.4, 0.5) is 10.5 Å². The van der Waals surface area contributed by atoms with Gasteiger partial charge in [-0.15, -0.1) is 11.3 Å². The molecule has 6 rings (SSSR count). The molecule has 2 saturated heterocycles. The molecule has 5 heterocycles. The van der Waals surface area contributed by atoms with Gasteiger partial charge in [0.2, 0.25) is 11.8 Å². The SMILES string of the molecule is CC1CN2c3c(cc4c(-c5nccs5)noc4c3Cl)CC3(C(=O)NC(=O)NC3=O)C2C(C)O1. The second-order valence-corrected chi connectivity index (χ2v) is 9.85. The van der Waals surface area contributed by atoms with Crippen molar-refractivity contribution in [1.29, 1.82) is 0 Å². The molecule has 1 aromatic carbocycles. The number of halogens is 1. The van der Waals surface area contributed by atoms with Gasteiger partial charge in [-0.1, -0.05) is 16.8 Å². The molecule has 0 radical (unpaired) electrons. The summed E-state index contributed by atoms with van der Waals surface area (Å²) < 4.78 is 11.6. The number of nitrogens with one attached hydrogen (secondary N) is 2. The number of hydrogen-bond donors (Lipinski definition) is 2. The van der Waals surface area contributed by atoms with Crippen LogP contribution in [0.3, 0.4) is 0 Å². The zero-order valence-corrected chi connectivity index (χ0v) is 19.1. The second-order valence-electron chi connectivity index (χ2n) is 8.58. The van der Waals surface area contributed by atoms with E-state index in [0.717, 1.165) is 0 Å². The highest BCUT2D eigenvalue weighted by atomic mass is 35.5. The van der Waals surface area contributed by atoms with Gasteiger partial charge in [-0.3, -0.25) is 20.2 Å². The minimum Gasteiger partial charge on any atom is -0.372 e. The van der Waals surface area contributed by atoms with Crippen molar-refractivity contribution >= 4 is 57.4 Å². The first-order valence-corrected chi connectivity index (χ1v) is 11.7. The fourth-order valence-electron chi connectivity index (χ4n) is 5.44. The van der Waals surface area contributed by atoms with E-state index < -0.39 is 35.4 Å². The number of imide groups is 2. The summed E-state index contributed by atoms with van der Waals surface area (Å²) in [6.45, 7) is 4.13. The molecule has 10 nitrogen and oxygen atoms in total. The largest absolute Gasteiger partial charge is 0.372 e. The van der Waals surface area contributed by atoms with Crippen LogP contribution >= 0.6 is 22.9 Å². The molecule has 0 saturated carbocycles. The lowest BCUT2D eigenvalue weighted by Gasteiger charge is -2.55. The van der Waals surface area contributed by atoms with Gasteiger partial charge in [0.05, 0.1) is 29.3 Å². The Kier molecular flexibility index (Phi) is 4.36. The fraction of sp³-hybridized carbons (Fsp3) is 0.381. The Labute approximate surface area is 196 Å². The topological polar surface area (TPSA) is 127 Å². The molecule has 2 aromatic heterocycles. The summed E-state index contributed by atoms with van der Waals surface area (Å²) in [4.78, 5) is 44.7. The number of morpholine rings is 1. The third kappa shape index (κ3) is 2.73. The summed E-state index contributed by atoms with van der Waals surface area (Å²) in [5.74, 6) is -1.30. The van der Waals surface area contributed by atoms with E-state index in [1.165, 1.54) is 11.3 Å². The standard InChI is InChI=1S/C21H18ClN5O5S/c1-8-7-27-14-10(5-11-13(17-23-3-4-33-17)26-32-15(11)12(14)22)6-21(16(27)9(2)31-8)18(28)24-20(30)25-19(21)29/h3-5,8-9,16H,6-7H2,1-2H3,(H2,24,25,28,29,30). The number of barbiturate groups is 1. The molecular formula is C21H18ClN5O5S. The smallest absolute Gasteiger partial charge is 0.328 e. The van der Waals surface area contributed by atoms with E-state index in [2.05, 4.69) is 20.8 Å². The predicted octanol–water partition coefficient (Wildman–Crippen LogP) is 2.50. The van der Waals surface area contributed by atoms with Crippen LogP contribution in [0.25, 0.3) is 21.7 Å². The van der Waals surface area contributed by atoms with E-state index in [1.807, 2.05) is 30.2 Å². The average Bonchev–Trinajstić information content (AvgIpc) is 3.41. The van der Waals surface area contributed by atoms with E-state index in [9.17, 15) is 14.4 Å². The van der Waals surface area contributed by atoms with Gasteiger partial charge in [-0.25, -0.2) is 9.78 Å². The summed E-state index contributed by atoms with van der Waals surface area (Å²) in [6, 6.07) is 0.346. The van der Waals surface area contributed by atoms with Crippen LogP contribution in [0.2, 0.25) is 5.02 Å². The minimum absolute atomic E-state index is 0.0364. The molecule has 1 spiro atoms. The number of aromatic nitrogens is 2. The lowest BCUT2D eigenvalue weighted by molar-refractivity contribution is -0.153. The van der Waals surface area contributed by atoms with Gasteiger partial charge < -0.3 is 14.2 Å². The van der Waals surface area contributed by atoms with E-state index in [-0.39, 0.29) is 12.5 Å². The molecule has 33 heavy (non-hydrogen) atoms. The summed E-state index contributed by atoms with van der Waals surface area (Å²) in [5.41, 5.74) is 0.745. The van der Waals surface area contributed by atoms with Crippen molar-refractivity contribution in [2.45, 2.75) is 38.5 Å². The highest BCUT2D eigenvalue weighted by Crippen LogP contribution is 2.51. The Morgan fingerprint density at radius 3 is 2.70 bits per heavy atom. The van der Waals surface area contributed by atoms with Crippen LogP contribution in [-0.2, 0) is 20.7 Å². The first kappa shape index (κ1) is 20.6. The summed E-state index contributed by atoms with van der Waals surface area (Å²) >= 11 is 8.30. The molecule has 2 fully saturated rings. The Bertz CT molecular complexity index is 1320. The number of carbonyl (C=O) groups is 3. The number of rotatable bonds is 1. The zero-order chi connectivity index (χ0) is 23.1. The maximum Gasteiger partial charge on any atom is 0.328 e. The summed E-state index contributed by atoms with van der Waals surface area (Å²) in [6.07, 6.45) is 1.04. The molecule has 3 aliphatic heterocycles. The van der Waals surface area contributed by atoms with E-state index in [4.69, 9.17) is 20.9 Å². The predicted molar refractivity (Wildman–Crippen MR) is 119 cm³/mol. The molecule has 0 bridgehead atoms. The number of amides is 4. The number of urea groups is 1. The molecule has 3 aliphatic rings. The van der Waals surface area contributed by atoms with Crippen LogP contribution in [0, 0.1) is 5.41 Å². The van der Waals surface area contributed by atoms with Crippen molar-refractivity contribution in [3.63, 3.8) is 0 Å². The number of thiazole rings is 1. The molecule has 3 aromatic rings. The van der Waals surface area contributed by atoms with Crippen LogP contribution in [0.5, 0.6) is 0 Å². The van der Waals surface area contributed by atoms with Gasteiger partial charge in [-0.2, -0.15) is 0 Å². The van der Waals surface area contributed by atoms with Crippen LogP contribution in [0.15, 0.2) is 22.2 Å². The molecular weight excluding hydrogens is 470 g/mol. The Morgan fingerprint density at radius 2 is 2.00 bits per heavy atom. The van der Waals surface area contributed by atoms with Crippen molar-refractivity contribution in [3.05, 3.63) is 28.2 Å². The minimum atomic E-state index is -1.57. The van der Waals surface area contributed by atoms with Gasteiger partial charge in [-0.05, 0) is 31.9 Å². The molecule has 12 heteroatoms. The van der Waals surface area contributed by atoms with Gasteiger partial charge in [0, 0.05) is 18.1 Å². The number of ether oxygens (including phenoxy) is 1. The van der Waals surface area contributed by atoms with Crippen molar-refractivity contribution in [2.75, 3.05) is 11.4 Å². The molecule has 2 N–H and O–H groups in total. The number of nitrogens with zero attached hydrogens (tertiary/aromatic N) is 3. The Balaban J connectivity index is 1.61. The van der Waals surface area contributed by atoms with Crippen molar-refractivity contribution in [2.24, 2.45) is 5.41 Å². The highest BCUT2D eigenvalue weighted by molar-refractivity contribution is 7.13. The number of benzene rings is 1. The third-order valence-electron chi connectivity index (χ3n) is 6.60. The first-order chi connectivity index (χ1) is 15.8. The van der Waals surface area contributed by atoms with E-state index >= 15 is 0 Å². The van der Waals surface area contributed by atoms with Gasteiger partial charge in [0.15, 0.2) is 11.0 Å². The zero-order valence-electron chi connectivity index (χ0n) is 17.5. The van der Waals surface area contributed by atoms with E-state index in [1.54, 1.807) is 6.20 Å². The molecule has 3 atom stereocenters. The second kappa shape index (κ2) is 6.99. The quantitative estimate of drug-likeness (QED) is 0.501. The number of hydrogen-bond acceptors (Lipinski definition) is 9. The van der Waals surface area contributed by atoms with Gasteiger partial charge in [0.1, 0.15) is 15.7 Å². The van der Waals surface area contributed by atoms with Crippen LogP contribution in [-0.4, -0.2) is 52.8 Å². The number of anilines is 1. The van der Waals surface area contributed by atoms with E-state index in [0.29, 0.717) is 44.5 Å². The fourth-order valence-corrected chi connectivity index (χ4v) is 6.44. The average molecular weight is 488 g/mol. The monoisotopic (exact) mass is 487 g/mol. The van der Waals surface area contributed by atoms with Crippen molar-refractivity contribution < 1.29 is 23.6 Å².